The van der Waals surface area contributed by atoms with E-state index in [1.165, 1.54) is 0 Å². The second kappa shape index (κ2) is 7.24. The highest BCUT2D eigenvalue weighted by Crippen LogP contribution is 2.20. The fourth-order valence-electron chi connectivity index (χ4n) is 2.56. The van der Waals surface area contributed by atoms with Crippen LogP contribution in [-0.4, -0.2) is 26.5 Å². The molecule has 0 aliphatic heterocycles. The molecule has 3 rings (SSSR count). The molecule has 0 aliphatic carbocycles. The Hall–Kier alpha value is -2.40. The number of hydrogen-bond acceptors (Lipinski definition) is 4. The van der Waals surface area contributed by atoms with E-state index >= 15 is 0 Å². The second-order valence-electron chi connectivity index (χ2n) is 5.48. The first-order valence-electron chi connectivity index (χ1n) is 7.95. The minimum atomic E-state index is 0.0684. The van der Waals surface area contributed by atoms with Gasteiger partial charge in [0.2, 0.25) is 5.88 Å². The van der Waals surface area contributed by atoms with E-state index < -0.39 is 0 Å². The van der Waals surface area contributed by atoms with Gasteiger partial charge in [-0.05, 0) is 18.6 Å². The summed E-state index contributed by atoms with van der Waals surface area (Å²) < 4.78 is 7.61. The van der Waals surface area contributed by atoms with Gasteiger partial charge in [-0.15, -0.1) is 5.10 Å². The summed E-state index contributed by atoms with van der Waals surface area (Å²) in [4.78, 5) is 4.61. The summed E-state index contributed by atoms with van der Waals surface area (Å²) in [6.45, 7) is 3.06. The topological polar surface area (TPSA) is 60.2 Å². The highest BCUT2D eigenvalue weighted by atomic mass is 16.5. The molecular formula is C18H21N3O2. The molecule has 2 aromatic heterocycles. The predicted octanol–water partition coefficient (Wildman–Crippen LogP) is 2.96. The minimum Gasteiger partial charge on any atom is -0.470 e. The number of hydrogen-bond donors (Lipinski definition) is 1. The molecule has 0 atom stereocenters. The summed E-state index contributed by atoms with van der Waals surface area (Å²) in [6, 6.07) is 12.1. The van der Waals surface area contributed by atoms with Gasteiger partial charge in [0.15, 0.2) is 0 Å². The SMILES string of the molecule is CCCc1cn(CCO)nc1OCc1ccc2ccccc2n1. The van der Waals surface area contributed by atoms with Crippen molar-refractivity contribution >= 4 is 10.9 Å². The molecule has 0 radical (unpaired) electrons. The molecule has 0 amide bonds. The maximum absolute atomic E-state index is 9.05. The smallest absolute Gasteiger partial charge is 0.236 e. The summed E-state index contributed by atoms with van der Waals surface area (Å²) >= 11 is 0. The first-order valence-corrected chi connectivity index (χ1v) is 7.95. The third-order valence-electron chi connectivity index (χ3n) is 3.66. The molecule has 1 aromatic carbocycles. The average molecular weight is 311 g/mol. The van der Waals surface area contributed by atoms with Crippen LogP contribution in [0.3, 0.4) is 0 Å². The van der Waals surface area contributed by atoms with Gasteiger partial charge in [0.25, 0.3) is 0 Å². The lowest BCUT2D eigenvalue weighted by Gasteiger charge is -2.06. The maximum atomic E-state index is 9.05. The van der Waals surface area contributed by atoms with Gasteiger partial charge in [-0.3, -0.25) is 4.68 Å². The van der Waals surface area contributed by atoms with Crippen LogP contribution in [0.15, 0.2) is 42.6 Å². The molecule has 5 nitrogen and oxygen atoms in total. The maximum Gasteiger partial charge on any atom is 0.236 e. The summed E-state index contributed by atoms with van der Waals surface area (Å²) in [7, 11) is 0. The predicted molar refractivity (Wildman–Crippen MR) is 89.4 cm³/mol. The van der Waals surface area contributed by atoms with Gasteiger partial charge < -0.3 is 9.84 Å². The van der Waals surface area contributed by atoms with Crippen LogP contribution in [0.25, 0.3) is 10.9 Å². The van der Waals surface area contributed by atoms with Crippen molar-refractivity contribution in [3.05, 3.63) is 53.9 Å². The zero-order valence-corrected chi connectivity index (χ0v) is 13.3. The molecule has 120 valence electrons. The van der Waals surface area contributed by atoms with Gasteiger partial charge >= 0.3 is 0 Å². The van der Waals surface area contributed by atoms with Crippen molar-refractivity contribution in [3.8, 4) is 5.88 Å². The Bertz CT molecular complexity index is 783. The molecule has 3 aromatic rings. The zero-order valence-electron chi connectivity index (χ0n) is 13.3. The number of nitrogens with zero attached hydrogens (tertiary/aromatic N) is 3. The van der Waals surface area contributed by atoms with Crippen LogP contribution < -0.4 is 4.74 Å². The van der Waals surface area contributed by atoms with Gasteiger partial charge in [0.1, 0.15) is 6.61 Å². The number of ether oxygens (including phenoxy) is 1. The van der Waals surface area contributed by atoms with E-state index in [0.717, 1.165) is 35.0 Å². The highest BCUT2D eigenvalue weighted by molar-refractivity contribution is 5.78. The van der Waals surface area contributed by atoms with Crippen molar-refractivity contribution in [2.45, 2.75) is 32.9 Å². The number of para-hydroxylation sites is 1. The van der Waals surface area contributed by atoms with E-state index in [4.69, 9.17) is 9.84 Å². The van der Waals surface area contributed by atoms with Crippen LogP contribution in [-0.2, 0) is 19.6 Å². The van der Waals surface area contributed by atoms with Gasteiger partial charge in [0.05, 0.1) is 24.4 Å². The molecule has 0 aliphatic rings. The molecule has 0 saturated carbocycles. The highest BCUT2D eigenvalue weighted by Gasteiger charge is 2.10. The Labute approximate surface area is 135 Å². The minimum absolute atomic E-state index is 0.0684. The summed E-state index contributed by atoms with van der Waals surface area (Å²) in [5, 5.41) is 14.6. The normalized spacial score (nSPS) is 11.0. The van der Waals surface area contributed by atoms with Crippen LogP contribution in [0.1, 0.15) is 24.6 Å². The average Bonchev–Trinajstić information content (AvgIpc) is 2.95. The largest absolute Gasteiger partial charge is 0.470 e. The van der Waals surface area contributed by atoms with Crippen molar-refractivity contribution in [2.24, 2.45) is 0 Å². The van der Waals surface area contributed by atoms with Gasteiger partial charge in [0, 0.05) is 17.1 Å². The molecule has 0 unspecified atom stereocenters. The number of aliphatic hydroxyl groups is 1. The second-order valence-corrected chi connectivity index (χ2v) is 5.48. The Balaban J connectivity index is 1.75. The van der Waals surface area contributed by atoms with Crippen molar-refractivity contribution in [1.29, 1.82) is 0 Å². The number of aliphatic hydroxyl groups excluding tert-OH is 1. The van der Waals surface area contributed by atoms with Crippen LogP contribution in [0, 0.1) is 0 Å². The van der Waals surface area contributed by atoms with Crippen molar-refractivity contribution < 1.29 is 9.84 Å². The lowest BCUT2D eigenvalue weighted by Crippen LogP contribution is -2.03. The zero-order chi connectivity index (χ0) is 16.1. The van der Waals surface area contributed by atoms with Crippen LogP contribution in [0.4, 0.5) is 0 Å². The third kappa shape index (κ3) is 3.68. The van der Waals surface area contributed by atoms with E-state index in [-0.39, 0.29) is 6.61 Å². The number of aryl methyl sites for hydroxylation is 1. The number of pyridine rings is 1. The number of benzene rings is 1. The molecule has 1 N–H and O–H groups in total. The van der Waals surface area contributed by atoms with Crippen LogP contribution in [0.2, 0.25) is 0 Å². The first-order chi connectivity index (χ1) is 11.3. The van der Waals surface area contributed by atoms with Crippen molar-refractivity contribution in [1.82, 2.24) is 14.8 Å². The summed E-state index contributed by atoms with van der Waals surface area (Å²) in [5.74, 6) is 0.634. The van der Waals surface area contributed by atoms with Gasteiger partial charge in [-0.1, -0.05) is 37.6 Å². The fourth-order valence-corrected chi connectivity index (χ4v) is 2.56. The fraction of sp³-hybridized carbons (Fsp3) is 0.333. The quantitative estimate of drug-likeness (QED) is 0.729. The number of fused-ring (bicyclic) bond motifs is 1. The van der Waals surface area contributed by atoms with E-state index in [1.54, 1.807) is 4.68 Å². The lowest BCUT2D eigenvalue weighted by molar-refractivity contribution is 0.259. The van der Waals surface area contributed by atoms with Gasteiger partial charge in [-0.2, -0.15) is 0 Å². The first kappa shape index (κ1) is 15.5. The lowest BCUT2D eigenvalue weighted by atomic mass is 10.2. The molecule has 5 heteroatoms. The monoisotopic (exact) mass is 311 g/mol. The van der Waals surface area contributed by atoms with Crippen molar-refractivity contribution in [3.63, 3.8) is 0 Å². The Morgan fingerprint density at radius 1 is 1.17 bits per heavy atom. The molecular weight excluding hydrogens is 290 g/mol. The summed E-state index contributed by atoms with van der Waals surface area (Å²) in [5.41, 5.74) is 2.91. The van der Waals surface area contributed by atoms with Gasteiger partial charge in [-0.25, -0.2) is 4.98 Å². The third-order valence-corrected chi connectivity index (χ3v) is 3.66. The molecule has 2 heterocycles. The molecule has 0 bridgehead atoms. The van der Waals surface area contributed by atoms with E-state index in [0.29, 0.717) is 19.0 Å². The Kier molecular flexibility index (Phi) is 4.88. The summed E-state index contributed by atoms with van der Waals surface area (Å²) in [6.07, 6.45) is 3.88. The Morgan fingerprint density at radius 3 is 2.87 bits per heavy atom. The van der Waals surface area contributed by atoms with E-state index in [9.17, 15) is 0 Å². The van der Waals surface area contributed by atoms with Crippen LogP contribution in [0.5, 0.6) is 5.88 Å². The molecule has 0 fully saturated rings. The van der Waals surface area contributed by atoms with E-state index in [1.807, 2.05) is 36.5 Å². The van der Waals surface area contributed by atoms with Crippen LogP contribution >= 0.6 is 0 Å². The molecule has 23 heavy (non-hydrogen) atoms. The molecule has 0 saturated heterocycles. The number of rotatable bonds is 7. The van der Waals surface area contributed by atoms with Crippen molar-refractivity contribution in [2.75, 3.05) is 6.61 Å². The number of aromatic nitrogens is 3. The standard InChI is InChI=1S/C18H21N3O2/c1-2-5-15-12-21(10-11-22)20-18(15)23-13-16-9-8-14-6-3-4-7-17(14)19-16/h3-4,6-9,12,22H,2,5,10-11,13H2,1H3. The van der Waals surface area contributed by atoms with E-state index in [2.05, 4.69) is 23.1 Å². The Morgan fingerprint density at radius 2 is 2.04 bits per heavy atom. The molecule has 0 spiro atoms.